The molecule has 1 saturated heterocycles. The highest BCUT2D eigenvalue weighted by Crippen LogP contribution is 2.28. The number of rotatable bonds is 14. The lowest BCUT2D eigenvalue weighted by atomic mass is 9.84. The molecule has 0 N–H and O–H groups in total. The van der Waals surface area contributed by atoms with Crippen molar-refractivity contribution < 1.29 is 18.0 Å². The van der Waals surface area contributed by atoms with Crippen LogP contribution in [0.15, 0.2) is 54.9 Å². The predicted molar refractivity (Wildman–Crippen MR) is 148 cm³/mol. The molecular weight excluding hydrogens is 484 g/mol. The highest BCUT2D eigenvalue weighted by Gasteiger charge is 2.41. The van der Waals surface area contributed by atoms with Crippen LogP contribution in [0, 0.1) is 5.41 Å². The number of aryl methyl sites for hydroxylation is 2. The van der Waals surface area contributed by atoms with E-state index in [0.717, 1.165) is 37.7 Å². The molecule has 2 heterocycles. The minimum Gasteiger partial charge on any atom is -0.332 e. The molecule has 0 bridgehead atoms. The van der Waals surface area contributed by atoms with Gasteiger partial charge < -0.3 is 4.90 Å². The molecule has 2 atom stereocenters. The van der Waals surface area contributed by atoms with Crippen LogP contribution in [0.2, 0.25) is 0 Å². The van der Waals surface area contributed by atoms with Crippen molar-refractivity contribution in [2.24, 2.45) is 5.41 Å². The number of nitrogens with zero attached hydrogens (tertiary/aromatic N) is 2. The first-order valence-electron chi connectivity index (χ1n) is 13.6. The molecule has 1 aromatic carbocycles. The van der Waals surface area contributed by atoms with E-state index in [1.165, 1.54) is 10.5 Å². The van der Waals surface area contributed by atoms with Crippen LogP contribution in [0.4, 0.5) is 0 Å². The summed E-state index contributed by atoms with van der Waals surface area (Å²) in [4.78, 5) is 31.6. The Morgan fingerprint density at radius 2 is 1.68 bits per heavy atom. The highest BCUT2D eigenvalue weighted by atomic mass is 32.2. The Labute approximate surface area is 222 Å². The van der Waals surface area contributed by atoms with Gasteiger partial charge >= 0.3 is 0 Å². The summed E-state index contributed by atoms with van der Waals surface area (Å²) < 4.78 is 27.5. The van der Waals surface area contributed by atoms with Gasteiger partial charge in [0.2, 0.25) is 5.78 Å². The van der Waals surface area contributed by atoms with Crippen molar-refractivity contribution in [3.63, 3.8) is 0 Å². The van der Waals surface area contributed by atoms with Gasteiger partial charge in [0, 0.05) is 30.4 Å². The lowest BCUT2D eigenvalue weighted by Crippen LogP contribution is -2.47. The van der Waals surface area contributed by atoms with Gasteiger partial charge in [0.1, 0.15) is 0 Å². The largest absolute Gasteiger partial charge is 0.332 e. The zero-order valence-corrected chi connectivity index (χ0v) is 23.4. The average molecular weight is 527 g/mol. The molecule has 0 aliphatic carbocycles. The number of hydrogen-bond donors (Lipinski definition) is 0. The molecule has 1 aromatic heterocycles. The van der Waals surface area contributed by atoms with Crippen LogP contribution in [-0.4, -0.2) is 53.6 Å². The van der Waals surface area contributed by atoms with Gasteiger partial charge in [-0.15, -0.1) is 0 Å². The molecule has 0 radical (unpaired) electrons. The summed E-state index contributed by atoms with van der Waals surface area (Å²) in [6, 6.07) is 13.6. The van der Waals surface area contributed by atoms with Crippen LogP contribution in [-0.2, 0) is 32.3 Å². The van der Waals surface area contributed by atoms with E-state index in [1.807, 2.05) is 43.5 Å². The van der Waals surface area contributed by atoms with E-state index in [0.29, 0.717) is 32.2 Å². The first-order chi connectivity index (χ1) is 17.6. The topological polar surface area (TPSA) is 84.4 Å². The molecule has 6 nitrogen and oxygen atoms in total. The zero-order chi connectivity index (χ0) is 26.9. The van der Waals surface area contributed by atoms with E-state index in [1.54, 1.807) is 20.0 Å². The first kappa shape index (κ1) is 29.0. The Kier molecular flexibility index (Phi) is 10.4. The maximum atomic E-state index is 13.7. The zero-order valence-electron chi connectivity index (χ0n) is 22.6. The van der Waals surface area contributed by atoms with Crippen molar-refractivity contribution in [1.82, 2.24) is 9.88 Å². The lowest BCUT2D eigenvalue weighted by molar-refractivity contribution is -0.149. The fourth-order valence-corrected chi connectivity index (χ4v) is 7.23. The van der Waals surface area contributed by atoms with E-state index >= 15 is 0 Å². The number of sulfone groups is 1. The quantitative estimate of drug-likeness (QED) is 0.316. The van der Waals surface area contributed by atoms with Crippen molar-refractivity contribution >= 4 is 21.5 Å². The molecule has 1 amide bonds. The number of ketones is 1. The minimum atomic E-state index is -3.47. The number of likely N-dealkylation sites (tertiary alicyclic amines) is 1. The normalized spacial score (nSPS) is 17.1. The number of Topliss-reactive ketones (excluding diaryl/α,β-unsaturated/α-hetero) is 1. The van der Waals surface area contributed by atoms with Crippen molar-refractivity contribution in [1.29, 1.82) is 0 Å². The Morgan fingerprint density at radius 1 is 1.03 bits per heavy atom. The Morgan fingerprint density at radius 3 is 2.30 bits per heavy atom. The van der Waals surface area contributed by atoms with E-state index in [-0.39, 0.29) is 5.75 Å². The van der Waals surface area contributed by atoms with Gasteiger partial charge in [0.05, 0.1) is 11.0 Å². The number of carbonyl (C=O) groups excluding carboxylic acids is 2. The summed E-state index contributed by atoms with van der Waals surface area (Å²) in [5.74, 6) is -1.02. The molecule has 37 heavy (non-hydrogen) atoms. The summed E-state index contributed by atoms with van der Waals surface area (Å²) in [7, 11) is -3.47. The van der Waals surface area contributed by atoms with Gasteiger partial charge in [-0.1, -0.05) is 57.2 Å². The van der Waals surface area contributed by atoms with Crippen LogP contribution in [0.25, 0.3) is 0 Å². The fraction of sp³-hybridized carbons (Fsp3) is 0.567. The molecule has 1 fully saturated rings. The molecule has 0 saturated carbocycles. The summed E-state index contributed by atoms with van der Waals surface area (Å²) in [6.07, 6.45) is 9.82. The maximum Gasteiger partial charge on any atom is 0.290 e. The minimum absolute atomic E-state index is 0.0680. The third-order valence-electron chi connectivity index (χ3n) is 7.81. The van der Waals surface area contributed by atoms with Crippen molar-refractivity contribution in [3.8, 4) is 0 Å². The van der Waals surface area contributed by atoms with Crippen LogP contribution >= 0.6 is 0 Å². The Balaban J connectivity index is 1.68. The van der Waals surface area contributed by atoms with Crippen molar-refractivity contribution in [3.05, 3.63) is 66.0 Å². The molecule has 1 aliphatic heterocycles. The number of hydrogen-bond acceptors (Lipinski definition) is 5. The van der Waals surface area contributed by atoms with Gasteiger partial charge in [-0.3, -0.25) is 14.6 Å². The second kappa shape index (κ2) is 13.3. The first-order valence-corrected chi connectivity index (χ1v) is 15.4. The Hall–Kier alpha value is -2.54. The third kappa shape index (κ3) is 8.22. The summed E-state index contributed by atoms with van der Waals surface area (Å²) in [5, 5.41) is -0.465. The molecule has 7 heteroatoms. The smallest absolute Gasteiger partial charge is 0.290 e. The second-order valence-corrected chi connectivity index (χ2v) is 13.3. The van der Waals surface area contributed by atoms with Crippen LogP contribution in [0.5, 0.6) is 0 Å². The molecule has 2 aromatic rings. The summed E-state index contributed by atoms with van der Waals surface area (Å²) in [6.45, 7) is 5.90. The van der Waals surface area contributed by atoms with Crippen molar-refractivity contribution in [2.45, 2.75) is 89.9 Å². The predicted octanol–water partition coefficient (Wildman–Crippen LogP) is 5.21. The van der Waals surface area contributed by atoms with Gasteiger partial charge in [0.15, 0.2) is 9.84 Å². The summed E-state index contributed by atoms with van der Waals surface area (Å²) in [5.41, 5.74) is 1.57. The van der Waals surface area contributed by atoms with Gasteiger partial charge in [0.25, 0.3) is 5.91 Å². The SMILES string of the molecule is CCC(C)(C)C(=O)C(=O)N1CCC[C@H]1CS(=O)(=O)[C@@H](CCCc1ccccc1)CCCc1cccnc1. The van der Waals surface area contributed by atoms with E-state index < -0.39 is 38.2 Å². The second-order valence-electron chi connectivity index (χ2n) is 10.9. The van der Waals surface area contributed by atoms with Crippen LogP contribution in [0.3, 0.4) is 0 Å². The molecule has 3 rings (SSSR count). The fourth-order valence-electron chi connectivity index (χ4n) is 5.02. The van der Waals surface area contributed by atoms with Crippen LogP contribution < -0.4 is 0 Å². The summed E-state index contributed by atoms with van der Waals surface area (Å²) >= 11 is 0. The Bertz CT molecular complexity index is 1070. The third-order valence-corrected chi connectivity index (χ3v) is 10.1. The monoisotopic (exact) mass is 526 g/mol. The van der Waals surface area contributed by atoms with Gasteiger partial charge in [-0.2, -0.15) is 0 Å². The van der Waals surface area contributed by atoms with E-state index in [4.69, 9.17) is 0 Å². The molecular formula is C30H42N2O4S. The maximum absolute atomic E-state index is 13.7. The molecule has 202 valence electrons. The average Bonchev–Trinajstić information content (AvgIpc) is 3.35. The van der Waals surface area contributed by atoms with Gasteiger partial charge in [-0.05, 0) is 75.0 Å². The number of benzene rings is 1. The van der Waals surface area contributed by atoms with Crippen molar-refractivity contribution in [2.75, 3.05) is 12.3 Å². The van der Waals surface area contributed by atoms with E-state index in [9.17, 15) is 18.0 Å². The van der Waals surface area contributed by atoms with Crippen LogP contribution in [0.1, 0.15) is 76.8 Å². The highest BCUT2D eigenvalue weighted by molar-refractivity contribution is 7.92. The molecule has 0 unspecified atom stereocenters. The van der Waals surface area contributed by atoms with E-state index in [2.05, 4.69) is 17.1 Å². The number of carbonyl (C=O) groups is 2. The lowest BCUT2D eigenvalue weighted by Gasteiger charge is -2.29. The number of amides is 1. The number of pyridine rings is 1. The standard InChI is InChI=1S/C30H42N2O4S/c1-4-30(2,3)28(33)29(34)32-21-11-17-26(32)23-37(35,36)27(18-8-14-24-12-6-5-7-13-24)19-9-15-25-16-10-20-31-22-25/h5-7,10,12-13,16,20,22,26-27H,4,8-9,11,14-15,17-19,21,23H2,1-3H3/t26-,27-/m0/s1. The van der Waals surface area contributed by atoms with Gasteiger partial charge in [-0.25, -0.2) is 8.42 Å². The number of aromatic nitrogens is 1. The molecule has 0 spiro atoms. The molecule has 1 aliphatic rings.